The van der Waals surface area contributed by atoms with E-state index in [0.29, 0.717) is 35.4 Å². The second kappa shape index (κ2) is 7.40. The van der Waals surface area contributed by atoms with Crippen molar-refractivity contribution in [3.63, 3.8) is 0 Å². The second-order valence-electron chi connectivity index (χ2n) is 8.73. The molecule has 1 aliphatic carbocycles. The predicted octanol–water partition coefficient (Wildman–Crippen LogP) is 3.36. The van der Waals surface area contributed by atoms with Gasteiger partial charge in [0, 0.05) is 19.7 Å². The molecule has 2 atom stereocenters. The zero-order valence-corrected chi connectivity index (χ0v) is 18.5. The average molecular weight is 446 g/mol. The number of halogens is 1. The van der Waals surface area contributed by atoms with Gasteiger partial charge in [-0.1, -0.05) is 30.3 Å². The van der Waals surface area contributed by atoms with E-state index in [1.807, 2.05) is 36.0 Å². The molecule has 6 rings (SSSR count). The number of anilines is 2. The molecule has 4 heterocycles. The van der Waals surface area contributed by atoms with Crippen LogP contribution >= 0.6 is 0 Å². The summed E-state index contributed by atoms with van der Waals surface area (Å²) in [6.07, 6.45) is 3.24. The number of nitrogens with one attached hydrogen (secondary N) is 1. The van der Waals surface area contributed by atoms with E-state index < -0.39 is 5.95 Å². The van der Waals surface area contributed by atoms with E-state index in [-0.39, 0.29) is 18.0 Å². The number of hydrogen-bond donors (Lipinski definition) is 1. The minimum atomic E-state index is -0.499. The van der Waals surface area contributed by atoms with Gasteiger partial charge < -0.3 is 5.32 Å². The van der Waals surface area contributed by atoms with Crippen LogP contribution < -0.4 is 10.2 Å². The van der Waals surface area contributed by atoms with Crippen LogP contribution in [0.3, 0.4) is 0 Å². The zero-order valence-electron chi connectivity index (χ0n) is 18.5. The van der Waals surface area contributed by atoms with Crippen molar-refractivity contribution in [3.8, 4) is 11.3 Å². The van der Waals surface area contributed by atoms with Crippen molar-refractivity contribution in [2.75, 3.05) is 24.3 Å². The third kappa shape index (κ3) is 3.02. The van der Waals surface area contributed by atoms with Crippen LogP contribution in [-0.2, 0) is 6.54 Å². The topological polar surface area (TPSA) is 78.7 Å². The number of aromatic nitrogens is 3. The Morgan fingerprint density at radius 1 is 1.15 bits per heavy atom. The molecule has 0 bridgehead atoms. The Morgan fingerprint density at radius 3 is 2.73 bits per heavy atom. The molecular weight excluding hydrogens is 421 g/mol. The quantitative estimate of drug-likeness (QED) is 0.623. The van der Waals surface area contributed by atoms with Crippen molar-refractivity contribution in [2.24, 2.45) is 4.99 Å². The molecule has 0 spiro atoms. The lowest BCUT2D eigenvalue weighted by molar-refractivity contribution is 0.0866. The van der Waals surface area contributed by atoms with Crippen LogP contribution in [0.25, 0.3) is 11.3 Å². The molecule has 1 amide bonds. The van der Waals surface area contributed by atoms with Gasteiger partial charge in [0.15, 0.2) is 5.82 Å². The summed E-state index contributed by atoms with van der Waals surface area (Å²) in [7, 11) is 3.60. The fraction of sp³-hybridized carbons (Fsp3) is 0.333. The summed E-state index contributed by atoms with van der Waals surface area (Å²) >= 11 is 0. The molecule has 2 aromatic heterocycles. The molecule has 33 heavy (non-hydrogen) atoms. The molecule has 1 aromatic carbocycles. The van der Waals surface area contributed by atoms with E-state index in [0.717, 1.165) is 30.4 Å². The summed E-state index contributed by atoms with van der Waals surface area (Å²) in [6.45, 7) is 0.492. The lowest BCUT2D eigenvalue weighted by Crippen LogP contribution is -2.51. The van der Waals surface area contributed by atoms with Gasteiger partial charge in [-0.3, -0.25) is 14.6 Å². The summed E-state index contributed by atoms with van der Waals surface area (Å²) in [4.78, 5) is 25.8. The second-order valence-corrected chi connectivity index (χ2v) is 8.73. The first-order chi connectivity index (χ1) is 16.0. The molecule has 9 heteroatoms. The van der Waals surface area contributed by atoms with Gasteiger partial charge in [0.1, 0.15) is 11.4 Å². The number of carbonyl (C=O) groups excluding carboxylic acids is 1. The van der Waals surface area contributed by atoms with Crippen molar-refractivity contribution in [1.29, 1.82) is 0 Å². The number of guanidine groups is 1. The van der Waals surface area contributed by atoms with E-state index in [1.54, 1.807) is 24.1 Å². The highest BCUT2D eigenvalue weighted by Crippen LogP contribution is 2.42. The number of aliphatic imine (C=N–C) groups is 1. The van der Waals surface area contributed by atoms with Gasteiger partial charge >= 0.3 is 0 Å². The molecule has 0 unspecified atom stereocenters. The molecular formula is C24H24FN7O. The molecule has 8 nitrogen and oxygen atoms in total. The first-order valence-corrected chi connectivity index (χ1v) is 11.2. The van der Waals surface area contributed by atoms with Crippen LogP contribution in [0.15, 0.2) is 47.5 Å². The lowest BCUT2D eigenvalue weighted by Gasteiger charge is -2.33. The van der Waals surface area contributed by atoms with Crippen LogP contribution in [0.2, 0.25) is 0 Å². The molecule has 0 radical (unpaired) electrons. The van der Waals surface area contributed by atoms with Gasteiger partial charge in [0.2, 0.25) is 11.9 Å². The average Bonchev–Trinajstić information content (AvgIpc) is 3.51. The monoisotopic (exact) mass is 445 g/mol. The minimum Gasteiger partial charge on any atom is -0.373 e. The number of fused-ring (bicyclic) bond motifs is 5. The highest BCUT2D eigenvalue weighted by molar-refractivity contribution is 6.20. The van der Waals surface area contributed by atoms with Crippen LogP contribution in [0.5, 0.6) is 0 Å². The van der Waals surface area contributed by atoms with E-state index in [2.05, 4.69) is 15.2 Å². The fourth-order valence-corrected chi connectivity index (χ4v) is 5.20. The summed E-state index contributed by atoms with van der Waals surface area (Å²) in [5.74, 6) is 1.50. The number of pyridine rings is 1. The van der Waals surface area contributed by atoms with Gasteiger partial charge in [-0.25, -0.2) is 14.7 Å². The maximum absolute atomic E-state index is 13.5. The number of benzene rings is 1. The van der Waals surface area contributed by atoms with Crippen LogP contribution in [0, 0.1) is 5.95 Å². The number of amides is 1. The number of rotatable bonds is 4. The smallest absolute Gasteiger partial charge is 0.267 e. The number of carbonyl (C=O) groups is 1. The first-order valence-electron chi connectivity index (χ1n) is 11.2. The molecule has 1 fully saturated rings. The normalized spacial score (nSPS) is 21.1. The summed E-state index contributed by atoms with van der Waals surface area (Å²) < 4.78 is 15.3. The molecule has 3 aliphatic rings. The van der Waals surface area contributed by atoms with Crippen LogP contribution in [-0.4, -0.2) is 57.7 Å². The molecule has 0 saturated heterocycles. The Kier molecular flexibility index (Phi) is 4.46. The fourth-order valence-electron chi connectivity index (χ4n) is 5.20. The molecule has 2 aliphatic heterocycles. The van der Waals surface area contributed by atoms with E-state index in [1.165, 1.54) is 6.07 Å². The maximum Gasteiger partial charge on any atom is 0.267 e. The third-order valence-corrected chi connectivity index (χ3v) is 6.79. The Balaban J connectivity index is 1.35. The maximum atomic E-state index is 13.5. The van der Waals surface area contributed by atoms with Gasteiger partial charge in [-0.2, -0.15) is 9.49 Å². The summed E-state index contributed by atoms with van der Waals surface area (Å²) in [6, 6.07) is 13.1. The Morgan fingerprint density at radius 2 is 1.97 bits per heavy atom. The van der Waals surface area contributed by atoms with Crippen molar-refractivity contribution in [1.82, 2.24) is 19.7 Å². The summed E-state index contributed by atoms with van der Waals surface area (Å²) in [5, 5.41) is 8.08. The highest BCUT2D eigenvalue weighted by Gasteiger charge is 2.49. The van der Waals surface area contributed by atoms with Gasteiger partial charge in [0.25, 0.3) is 5.91 Å². The molecule has 1 saturated carbocycles. The Hall–Kier alpha value is -3.75. The predicted molar refractivity (Wildman–Crippen MR) is 124 cm³/mol. The highest BCUT2D eigenvalue weighted by atomic mass is 19.1. The van der Waals surface area contributed by atoms with Gasteiger partial charge in [-0.05, 0) is 37.0 Å². The van der Waals surface area contributed by atoms with E-state index in [4.69, 9.17) is 10.1 Å². The van der Waals surface area contributed by atoms with Crippen molar-refractivity contribution in [2.45, 2.75) is 37.9 Å². The molecule has 1 N–H and O–H groups in total. The first kappa shape index (κ1) is 19.9. The standard InChI is InChI=1S/C24H24FN7O/c1-26-21-20-22(32-18-7-3-6-17(18)28-24(32)30(2)23(20)33)29-31(21)13-14-9-11-15(12-10-14)16-5-4-8-19(25)27-16/h4-5,8-12,17-18,26H,3,6-7,13H2,1-2H3/t17-,18+/m1/s1. The Labute approximate surface area is 190 Å². The van der Waals surface area contributed by atoms with Crippen LogP contribution in [0.1, 0.15) is 35.2 Å². The Bertz CT molecular complexity index is 1280. The number of nitrogens with zero attached hydrogens (tertiary/aromatic N) is 6. The lowest BCUT2D eigenvalue weighted by atomic mass is 10.1. The zero-order chi connectivity index (χ0) is 22.7. The van der Waals surface area contributed by atoms with Crippen molar-refractivity contribution < 1.29 is 9.18 Å². The number of hydrogen-bond acceptors (Lipinski definition) is 6. The molecule has 168 valence electrons. The van der Waals surface area contributed by atoms with E-state index >= 15 is 0 Å². The van der Waals surface area contributed by atoms with Crippen LogP contribution in [0.4, 0.5) is 16.0 Å². The van der Waals surface area contributed by atoms with Gasteiger partial charge in [0.05, 0.1) is 24.3 Å². The SMILES string of the molecule is CNc1c2c(nn1Cc1ccc(-c3cccc(F)n3)cc1)N1C(=N[C@@H]3CCC[C@@H]31)N(C)C2=O. The largest absolute Gasteiger partial charge is 0.373 e. The third-order valence-electron chi connectivity index (χ3n) is 6.79. The minimum absolute atomic E-state index is 0.0944. The van der Waals surface area contributed by atoms with Crippen molar-refractivity contribution in [3.05, 3.63) is 59.5 Å². The van der Waals surface area contributed by atoms with E-state index in [9.17, 15) is 9.18 Å². The van der Waals surface area contributed by atoms with Crippen molar-refractivity contribution >= 4 is 23.5 Å². The van der Waals surface area contributed by atoms with Gasteiger partial charge in [-0.15, -0.1) is 0 Å². The molecule has 3 aromatic rings. The summed E-state index contributed by atoms with van der Waals surface area (Å²) in [5.41, 5.74) is 3.04.